The van der Waals surface area contributed by atoms with E-state index < -0.39 is 7.82 Å². The Bertz CT molecular complexity index is 256. The first kappa shape index (κ1) is 20.9. The van der Waals surface area contributed by atoms with Crippen LogP contribution in [0.1, 0.15) is 25.7 Å². The van der Waals surface area contributed by atoms with Crippen LogP contribution in [0.4, 0.5) is 0 Å². The lowest BCUT2D eigenvalue weighted by atomic mass is 10.1. The topological polar surface area (TPSA) is 137 Å². The van der Waals surface area contributed by atoms with Crippen molar-refractivity contribution >= 4 is 7.82 Å². The third-order valence-electron chi connectivity index (χ3n) is 3.06. The normalized spacial score (nSPS) is 12.5. The van der Waals surface area contributed by atoms with Gasteiger partial charge in [-0.1, -0.05) is 0 Å². The molecule has 0 saturated heterocycles. The molecule has 0 aliphatic carbocycles. The molecule has 0 aromatic carbocycles. The molecule has 0 fully saturated rings. The van der Waals surface area contributed by atoms with E-state index in [1.165, 1.54) is 0 Å². The molecule has 0 spiro atoms. The van der Waals surface area contributed by atoms with Crippen LogP contribution in [0.15, 0.2) is 0 Å². The number of hydrogen-bond donors (Lipinski definition) is 5. The molecule has 0 unspecified atom stereocenters. The van der Waals surface area contributed by atoms with Crippen LogP contribution in [0.25, 0.3) is 0 Å². The zero-order valence-electron chi connectivity index (χ0n) is 12.1. The standard InChI is InChI=1S/C12H27O8P/c13-7-11(8-14)3-1-5-19-21(17,18)20-6-2-4-12(9-15)10-16/h11-16H,1-10H2,(H,17,18). The summed E-state index contributed by atoms with van der Waals surface area (Å²) in [6, 6.07) is 0. The van der Waals surface area contributed by atoms with Crippen LogP contribution in [-0.2, 0) is 13.6 Å². The molecule has 0 heterocycles. The molecule has 9 heteroatoms. The van der Waals surface area contributed by atoms with Crippen molar-refractivity contribution in [2.75, 3.05) is 39.6 Å². The highest BCUT2D eigenvalue weighted by atomic mass is 31.2. The van der Waals surface area contributed by atoms with Gasteiger partial charge in [0.2, 0.25) is 0 Å². The quantitative estimate of drug-likeness (QED) is 0.220. The predicted molar refractivity (Wildman–Crippen MR) is 75.5 cm³/mol. The van der Waals surface area contributed by atoms with E-state index in [0.717, 1.165) is 0 Å². The van der Waals surface area contributed by atoms with Crippen molar-refractivity contribution in [3.8, 4) is 0 Å². The molecule has 128 valence electrons. The summed E-state index contributed by atoms with van der Waals surface area (Å²) in [5, 5.41) is 35.4. The first-order valence-electron chi connectivity index (χ1n) is 7.04. The van der Waals surface area contributed by atoms with Crippen molar-refractivity contribution < 1.29 is 38.9 Å². The zero-order valence-corrected chi connectivity index (χ0v) is 13.0. The second kappa shape index (κ2) is 12.5. The zero-order chi connectivity index (χ0) is 16.1. The third-order valence-corrected chi connectivity index (χ3v) is 4.07. The van der Waals surface area contributed by atoms with Crippen LogP contribution >= 0.6 is 7.82 Å². The fourth-order valence-electron chi connectivity index (χ4n) is 1.62. The largest absolute Gasteiger partial charge is 0.472 e. The molecular formula is C12H27O8P. The van der Waals surface area contributed by atoms with Crippen molar-refractivity contribution in [2.24, 2.45) is 11.8 Å². The Kier molecular flexibility index (Phi) is 12.5. The minimum atomic E-state index is -4.10. The number of hydrogen-bond acceptors (Lipinski definition) is 7. The number of aliphatic hydroxyl groups excluding tert-OH is 4. The summed E-state index contributed by atoms with van der Waals surface area (Å²) in [5.74, 6) is -0.497. The number of phosphoric acid groups is 1. The maximum absolute atomic E-state index is 11.5. The minimum absolute atomic E-state index is 0.000181. The van der Waals surface area contributed by atoms with Crippen LogP contribution in [-0.4, -0.2) is 65.0 Å². The van der Waals surface area contributed by atoms with E-state index in [-0.39, 0.29) is 51.5 Å². The Hall–Kier alpha value is -0.0500. The van der Waals surface area contributed by atoms with E-state index in [1.807, 2.05) is 0 Å². The van der Waals surface area contributed by atoms with Crippen molar-refractivity contribution in [1.82, 2.24) is 0 Å². The van der Waals surface area contributed by atoms with Gasteiger partial charge in [0.25, 0.3) is 0 Å². The van der Waals surface area contributed by atoms with Gasteiger partial charge < -0.3 is 25.3 Å². The molecule has 0 rings (SSSR count). The van der Waals surface area contributed by atoms with Crippen LogP contribution in [0, 0.1) is 11.8 Å². The molecule has 0 radical (unpaired) electrons. The van der Waals surface area contributed by atoms with Crippen molar-refractivity contribution in [3.05, 3.63) is 0 Å². The molecule has 0 saturated carbocycles. The summed E-state index contributed by atoms with van der Waals surface area (Å²) in [5.41, 5.74) is 0. The Morgan fingerprint density at radius 3 is 1.38 bits per heavy atom. The minimum Gasteiger partial charge on any atom is -0.396 e. The number of phosphoric ester groups is 1. The highest BCUT2D eigenvalue weighted by Crippen LogP contribution is 2.43. The Morgan fingerprint density at radius 1 is 0.762 bits per heavy atom. The lowest BCUT2D eigenvalue weighted by Crippen LogP contribution is -2.12. The maximum Gasteiger partial charge on any atom is 0.472 e. The summed E-state index contributed by atoms with van der Waals surface area (Å²) in [6.45, 7) is -0.553. The Labute approximate surface area is 125 Å². The van der Waals surface area contributed by atoms with Gasteiger partial charge in [-0.05, 0) is 25.7 Å². The predicted octanol–water partition coefficient (Wildman–Crippen LogP) is -0.118. The average molecular weight is 330 g/mol. The smallest absolute Gasteiger partial charge is 0.396 e. The van der Waals surface area contributed by atoms with Crippen molar-refractivity contribution in [2.45, 2.75) is 25.7 Å². The van der Waals surface area contributed by atoms with Crippen LogP contribution < -0.4 is 0 Å². The van der Waals surface area contributed by atoms with Crippen LogP contribution in [0.2, 0.25) is 0 Å². The van der Waals surface area contributed by atoms with Gasteiger partial charge in [-0.25, -0.2) is 4.57 Å². The molecular weight excluding hydrogens is 303 g/mol. The molecule has 8 nitrogen and oxygen atoms in total. The van der Waals surface area contributed by atoms with Gasteiger partial charge in [-0.3, -0.25) is 9.05 Å². The summed E-state index contributed by atoms with van der Waals surface area (Å²) in [6.07, 6.45) is 1.83. The van der Waals surface area contributed by atoms with Gasteiger partial charge in [-0.15, -0.1) is 0 Å². The molecule has 0 aromatic rings. The summed E-state index contributed by atoms with van der Waals surface area (Å²) >= 11 is 0. The Morgan fingerprint density at radius 2 is 1.10 bits per heavy atom. The molecule has 0 aliphatic rings. The molecule has 0 aromatic heterocycles. The third kappa shape index (κ3) is 11.2. The van der Waals surface area contributed by atoms with Gasteiger partial charge >= 0.3 is 7.82 Å². The summed E-state index contributed by atoms with van der Waals surface area (Å²) in [4.78, 5) is 9.39. The molecule has 0 aliphatic heterocycles. The first-order chi connectivity index (χ1) is 9.99. The van der Waals surface area contributed by atoms with Crippen LogP contribution in [0.3, 0.4) is 0 Å². The van der Waals surface area contributed by atoms with Crippen molar-refractivity contribution in [1.29, 1.82) is 0 Å². The number of aliphatic hydroxyl groups is 4. The fourth-order valence-corrected chi connectivity index (χ4v) is 2.42. The molecule has 0 atom stereocenters. The molecule has 0 amide bonds. The lowest BCUT2D eigenvalue weighted by molar-refractivity contribution is 0.116. The Balaban J connectivity index is 3.71. The van der Waals surface area contributed by atoms with Gasteiger partial charge in [0, 0.05) is 38.3 Å². The van der Waals surface area contributed by atoms with Crippen molar-refractivity contribution in [3.63, 3.8) is 0 Å². The fraction of sp³-hybridized carbons (Fsp3) is 1.00. The van der Waals surface area contributed by atoms with Gasteiger partial charge in [-0.2, -0.15) is 0 Å². The first-order valence-corrected chi connectivity index (χ1v) is 8.53. The van der Waals surface area contributed by atoms with Gasteiger partial charge in [0.15, 0.2) is 0 Å². The average Bonchev–Trinajstić information content (AvgIpc) is 2.47. The van der Waals surface area contributed by atoms with E-state index in [4.69, 9.17) is 29.5 Å². The molecule has 21 heavy (non-hydrogen) atoms. The second-order valence-corrected chi connectivity index (χ2v) is 6.34. The highest BCUT2D eigenvalue weighted by molar-refractivity contribution is 7.47. The van der Waals surface area contributed by atoms with Crippen LogP contribution in [0.5, 0.6) is 0 Å². The summed E-state index contributed by atoms with van der Waals surface area (Å²) in [7, 11) is -4.10. The maximum atomic E-state index is 11.5. The highest BCUT2D eigenvalue weighted by Gasteiger charge is 2.20. The van der Waals surface area contributed by atoms with Gasteiger partial charge in [0.1, 0.15) is 0 Å². The monoisotopic (exact) mass is 330 g/mol. The lowest BCUT2D eigenvalue weighted by Gasteiger charge is -2.14. The van der Waals surface area contributed by atoms with Gasteiger partial charge in [0.05, 0.1) is 13.2 Å². The van der Waals surface area contributed by atoms with E-state index in [9.17, 15) is 9.46 Å². The van der Waals surface area contributed by atoms with E-state index in [0.29, 0.717) is 25.7 Å². The van der Waals surface area contributed by atoms with E-state index in [2.05, 4.69) is 0 Å². The number of rotatable bonds is 14. The summed E-state index contributed by atoms with van der Waals surface area (Å²) < 4.78 is 21.0. The second-order valence-electron chi connectivity index (χ2n) is 4.88. The molecule has 0 bridgehead atoms. The SMILES string of the molecule is O=P(O)(OCCCC(CO)CO)OCCCC(CO)CO. The van der Waals surface area contributed by atoms with E-state index >= 15 is 0 Å². The van der Waals surface area contributed by atoms with E-state index in [1.54, 1.807) is 0 Å². The molecule has 5 N–H and O–H groups in total.